The number of imidazole rings is 1. The number of aromatic amines is 1. The SMILES string of the molecule is [C-]#[N+]c1c(-c2ccnc(NC(C)=O)c2)sc(-c2ncc[nH]2)c1-c1ccc(Cl)cc1Cl. The van der Waals surface area contributed by atoms with Crippen molar-refractivity contribution in [3.63, 3.8) is 0 Å². The van der Waals surface area contributed by atoms with E-state index in [1.165, 1.54) is 18.3 Å². The molecular weight excluding hydrogens is 441 g/mol. The van der Waals surface area contributed by atoms with Gasteiger partial charge in [-0.15, -0.1) is 11.3 Å². The lowest BCUT2D eigenvalue weighted by Gasteiger charge is -2.07. The van der Waals surface area contributed by atoms with Crippen molar-refractivity contribution < 1.29 is 4.79 Å². The monoisotopic (exact) mass is 453 g/mol. The van der Waals surface area contributed by atoms with Gasteiger partial charge in [-0.3, -0.25) is 4.79 Å². The first-order valence-corrected chi connectivity index (χ1v) is 10.3. The topological polar surface area (TPSA) is 75.0 Å². The Morgan fingerprint density at radius 1 is 1.17 bits per heavy atom. The van der Waals surface area contributed by atoms with Gasteiger partial charge in [-0.25, -0.2) is 14.8 Å². The lowest BCUT2D eigenvalue weighted by Crippen LogP contribution is -2.07. The molecule has 0 spiro atoms. The van der Waals surface area contributed by atoms with Gasteiger partial charge < -0.3 is 10.3 Å². The number of carbonyl (C=O) groups excluding carboxylic acids is 1. The number of aromatic nitrogens is 3. The Morgan fingerprint density at radius 3 is 2.67 bits per heavy atom. The second-order valence-corrected chi connectivity index (χ2v) is 8.13. The predicted molar refractivity (Wildman–Crippen MR) is 121 cm³/mol. The zero-order valence-corrected chi connectivity index (χ0v) is 17.9. The van der Waals surface area contributed by atoms with E-state index in [1.807, 2.05) is 0 Å². The summed E-state index contributed by atoms with van der Waals surface area (Å²) in [6.07, 6.45) is 4.97. The van der Waals surface area contributed by atoms with E-state index in [0.717, 1.165) is 15.3 Å². The molecule has 0 aliphatic carbocycles. The van der Waals surface area contributed by atoms with Gasteiger partial charge in [-0.2, -0.15) is 0 Å². The smallest absolute Gasteiger partial charge is 0.222 e. The van der Waals surface area contributed by atoms with Gasteiger partial charge in [-0.05, 0) is 35.4 Å². The number of carbonyl (C=O) groups is 1. The predicted octanol–water partition coefficient (Wildman–Crippen LogP) is 6.68. The molecule has 0 bridgehead atoms. The third-order valence-corrected chi connectivity index (χ3v) is 6.02. The number of halogens is 2. The first-order chi connectivity index (χ1) is 14.5. The van der Waals surface area contributed by atoms with Crippen LogP contribution in [0.15, 0.2) is 48.9 Å². The number of anilines is 1. The zero-order chi connectivity index (χ0) is 21.3. The minimum Gasteiger partial charge on any atom is -0.344 e. The van der Waals surface area contributed by atoms with Gasteiger partial charge in [0, 0.05) is 46.0 Å². The van der Waals surface area contributed by atoms with Crippen molar-refractivity contribution in [2.45, 2.75) is 6.92 Å². The lowest BCUT2D eigenvalue weighted by atomic mass is 10.0. The van der Waals surface area contributed by atoms with Crippen molar-refractivity contribution in [2.24, 2.45) is 0 Å². The molecule has 4 rings (SSSR count). The highest BCUT2D eigenvalue weighted by Gasteiger charge is 2.25. The second-order valence-electron chi connectivity index (χ2n) is 6.27. The second kappa shape index (κ2) is 8.28. The number of nitrogens with one attached hydrogen (secondary N) is 2. The van der Waals surface area contributed by atoms with E-state index >= 15 is 0 Å². The Bertz CT molecular complexity index is 1290. The molecule has 1 amide bonds. The zero-order valence-electron chi connectivity index (χ0n) is 15.5. The molecule has 30 heavy (non-hydrogen) atoms. The minimum absolute atomic E-state index is 0.221. The number of pyridine rings is 1. The fourth-order valence-electron chi connectivity index (χ4n) is 3.04. The maximum atomic E-state index is 11.4. The Hall–Kier alpha value is -3.18. The van der Waals surface area contributed by atoms with Crippen molar-refractivity contribution in [3.05, 3.63) is 70.4 Å². The van der Waals surface area contributed by atoms with E-state index in [2.05, 4.69) is 25.1 Å². The summed E-state index contributed by atoms with van der Waals surface area (Å²) in [6, 6.07) is 8.72. The maximum absolute atomic E-state index is 11.4. The van der Waals surface area contributed by atoms with Crippen LogP contribution in [-0.2, 0) is 4.79 Å². The molecule has 4 aromatic rings. The molecule has 0 unspecified atom stereocenters. The van der Waals surface area contributed by atoms with Gasteiger partial charge >= 0.3 is 0 Å². The molecular formula is C21H13Cl2N5OS. The molecule has 3 heterocycles. The van der Waals surface area contributed by atoms with Crippen LogP contribution in [0.1, 0.15) is 6.92 Å². The normalized spacial score (nSPS) is 10.6. The average Bonchev–Trinajstić information content (AvgIpc) is 3.35. The fourth-order valence-corrected chi connectivity index (χ4v) is 4.76. The summed E-state index contributed by atoms with van der Waals surface area (Å²) in [5, 5.41) is 3.63. The summed E-state index contributed by atoms with van der Waals surface area (Å²) in [7, 11) is 0. The number of benzene rings is 1. The van der Waals surface area contributed by atoms with Crippen LogP contribution in [0.3, 0.4) is 0 Å². The molecule has 2 N–H and O–H groups in total. The molecule has 6 nitrogen and oxygen atoms in total. The Balaban J connectivity index is 1.98. The number of H-pyrrole nitrogens is 1. The van der Waals surface area contributed by atoms with Gasteiger partial charge in [0.25, 0.3) is 0 Å². The molecule has 0 aliphatic rings. The molecule has 0 saturated heterocycles. The first-order valence-electron chi connectivity index (χ1n) is 8.71. The van der Waals surface area contributed by atoms with E-state index in [-0.39, 0.29) is 5.91 Å². The van der Waals surface area contributed by atoms with Crippen molar-refractivity contribution >= 4 is 52.0 Å². The average molecular weight is 454 g/mol. The van der Waals surface area contributed by atoms with Crippen LogP contribution in [0, 0.1) is 6.57 Å². The molecule has 1 aromatic carbocycles. The van der Waals surface area contributed by atoms with Crippen molar-refractivity contribution in [1.29, 1.82) is 0 Å². The summed E-state index contributed by atoms with van der Waals surface area (Å²) in [6.45, 7) is 9.31. The Kier molecular flexibility index (Phi) is 5.55. The van der Waals surface area contributed by atoms with E-state index in [0.29, 0.717) is 38.5 Å². The highest BCUT2D eigenvalue weighted by atomic mass is 35.5. The molecule has 3 aromatic heterocycles. The largest absolute Gasteiger partial charge is 0.344 e. The number of hydrogen-bond acceptors (Lipinski definition) is 4. The third-order valence-electron chi connectivity index (χ3n) is 4.23. The first kappa shape index (κ1) is 20.1. The van der Waals surface area contributed by atoms with E-state index < -0.39 is 0 Å². The molecule has 0 fully saturated rings. The summed E-state index contributed by atoms with van der Waals surface area (Å²) >= 11 is 14.0. The standard InChI is InChI=1S/C21H13Cl2N5OS/c1-11(29)28-16-9-12(5-6-25-16)19-18(24-2)17(14-4-3-13(22)10-15(14)23)20(30-19)21-26-7-8-27-21/h3-10H,1H3,(H,26,27)(H,25,28,29). The number of hydrogen-bond donors (Lipinski definition) is 2. The molecule has 0 aliphatic heterocycles. The van der Waals surface area contributed by atoms with Crippen LogP contribution < -0.4 is 5.32 Å². The summed E-state index contributed by atoms with van der Waals surface area (Å²) in [4.78, 5) is 28.4. The van der Waals surface area contributed by atoms with Crippen LogP contribution in [0.2, 0.25) is 10.0 Å². The van der Waals surface area contributed by atoms with Crippen molar-refractivity contribution in [1.82, 2.24) is 15.0 Å². The Labute approximate surface area is 186 Å². The van der Waals surface area contributed by atoms with E-state index in [1.54, 1.807) is 48.9 Å². The van der Waals surface area contributed by atoms with Crippen molar-refractivity contribution in [3.8, 4) is 32.3 Å². The van der Waals surface area contributed by atoms with Crippen LogP contribution in [0.25, 0.3) is 37.1 Å². The molecule has 9 heteroatoms. The number of rotatable bonds is 4. The van der Waals surface area contributed by atoms with Gasteiger partial charge in [-0.1, -0.05) is 29.3 Å². The maximum Gasteiger partial charge on any atom is 0.222 e. The summed E-state index contributed by atoms with van der Waals surface area (Å²) in [5.74, 6) is 0.824. The Morgan fingerprint density at radius 2 is 2.00 bits per heavy atom. The van der Waals surface area contributed by atoms with Crippen LogP contribution >= 0.6 is 34.5 Å². The summed E-state index contributed by atoms with van der Waals surface area (Å²) in [5.41, 5.74) is 2.57. The highest BCUT2D eigenvalue weighted by Crippen LogP contribution is 2.53. The molecule has 148 valence electrons. The lowest BCUT2D eigenvalue weighted by molar-refractivity contribution is -0.114. The number of amides is 1. The van der Waals surface area contributed by atoms with Crippen LogP contribution in [0.4, 0.5) is 11.5 Å². The highest BCUT2D eigenvalue weighted by molar-refractivity contribution is 7.20. The molecule has 0 saturated carbocycles. The van der Waals surface area contributed by atoms with E-state index in [4.69, 9.17) is 29.8 Å². The molecule has 0 radical (unpaired) electrons. The molecule has 0 atom stereocenters. The van der Waals surface area contributed by atoms with Gasteiger partial charge in [0.2, 0.25) is 11.6 Å². The quantitative estimate of drug-likeness (QED) is 0.338. The fraction of sp³-hybridized carbons (Fsp3) is 0.0476. The van der Waals surface area contributed by atoms with Gasteiger partial charge in [0.1, 0.15) is 11.6 Å². The minimum atomic E-state index is -0.221. The van der Waals surface area contributed by atoms with E-state index in [9.17, 15) is 4.79 Å². The summed E-state index contributed by atoms with van der Waals surface area (Å²) < 4.78 is 0. The van der Waals surface area contributed by atoms with Gasteiger partial charge in [0.15, 0.2) is 0 Å². The number of thiophene rings is 1. The third kappa shape index (κ3) is 3.81. The van der Waals surface area contributed by atoms with Gasteiger partial charge in [0.05, 0.1) is 11.4 Å². The van der Waals surface area contributed by atoms with Crippen LogP contribution in [0.5, 0.6) is 0 Å². The van der Waals surface area contributed by atoms with Crippen molar-refractivity contribution in [2.75, 3.05) is 5.32 Å². The number of nitrogens with zero attached hydrogens (tertiary/aromatic N) is 3. The van der Waals surface area contributed by atoms with Crippen LogP contribution in [-0.4, -0.2) is 20.9 Å².